The SMILES string of the molecule is CC(C)(C)C(=O)Nc1ccc(N2CCCC2)cc1Cl. The maximum absolute atomic E-state index is 11.9. The van der Waals surface area contributed by atoms with Crippen LogP contribution in [0.4, 0.5) is 11.4 Å². The van der Waals surface area contributed by atoms with Gasteiger partial charge in [-0.3, -0.25) is 4.79 Å². The van der Waals surface area contributed by atoms with E-state index in [2.05, 4.69) is 10.2 Å². The number of rotatable bonds is 2. The van der Waals surface area contributed by atoms with Crippen molar-refractivity contribution in [3.05, 3.63) is 23.2 Å². The van der Waals surface area contributed by atoms with E-state index in [1.165, 1.54) is 12.8 Å². The van der Waals surface area contributed by atoms with Gasteiger partial charge in [0.25, 0.3) is 0 Å². The van der Waals surface area contributed by atoms with E-state index in [0.717, 1.165) is 18.8 Å². The Balaban J connectivity index is 2.13. The van der Waals surface area contributed by atoms with Crippen molar-refractivity contribution in [3.63, 3.8) is 0 Å². The molecular weight excluding hydrogens is 260 g/mol. The van der Waals surface area contributed by atoms with E-state index < -0.39 is 5.41 Å². The van der Waals surface area contributed by atoms with Crippen LogP contribution in [0.5, 0.6) is 0 Å². The van der Waals surface area contributed by atoms with Crippen molar-refractivity contribution in [2.75, 3.05) is 23.3 Å². The van der Waals surface area contributed by atoms with Gasteiger partial charge in [0.2, 0.25) is 5.91 Å². The topological polar surface area (TPSA) is 32.3 Å². The van der Waals surface area contributed by atoms with Crippen molar-refractivity contribution in [2.24, 2.45) is 5.41 Å². The first kappa shape index (κ1) is 14.2. The number of carbonyl (C=O) groups is 1. The molecule has 4 heteroatoms. The van der Waals surface area contributed by atoms with Crippen LogP contribution in [0.2, 0.25) is 5.02 Å². The number of amides is 1. The molecule has 1 amide bonds. The summed E-state index contributed by atoms with van der Waals surface area (Å²) in [6.45, 7) is 7.83. The van der Waals surface area contributed by atoms with E-state index >= 15 is 0 Å². The lowest BCUT2D eigenvalue weighted by Gasteiger charge is -2.21. The van der Waals surface area contributed by atoms with E-state index in [9.17, 15) is 4.79 Å². The van der Waals surface area contributed by atoms with Gasteiger partial charge in [0, 0.05) is 24.2 Å². The molecule has 1 fully saturated rings. The van der Waals surface area contributed by atoms with Crippen LogP contribution in [-0.2, 0) is 4.79 Å². The molecule has 0 spiro atoms. The minimum Gasteiger partial charge on any atom is -0.371 e. The van der Waals surface area contributed by atoms with Crippen molar-refractivity contribution in [2.45, 2.75) is 33.6 Å². The maximum Gasteiger partial charge on any atom is 0.229 e. The number of nitrogens with one attached hydrogen (secondary N) is 1. The van der Waals surface area contributed by atoms with Crippen LogP contribution >= 0.6 is 11.6 Å². The normalized spacial score (nSPS) is 15.7. The van der Waals surface area contributed by atoms with Crippen LogP contribution < -0.4 is 10.2 Å². The second kappa shape index (κ2) is 5.41. The molecule has 3 nitrogen and oxygen atoms in total. The monoisotopic (exact) mass is 280 g/mol. The van der Waals surface area contributed by atoms with E-state index in [4.69, 9.17) is 11.6 Å². The van der Waals surface area contributed by atoms with E-state index in [0.29, 0.717) is 10.7 Å². The first-order valence-corrected chi connectivity index (χ1v) is 7.12. The first-order valence-electron chi connectivity index (χ1n) is 6.74. The highest BCUT2D eigenvalue weighted by Crippen LogP contribution is 2.30. The molecule has 0 atom stereocenters. The Labute approximate surface area is 119 Å². The number of hydrogen-bond acceptors (Lipinski definition) is 2. The Morgan fingerprint density at radius 3 is 2.42 bits per heavy atom. The molecule has 0 bridgehead atoms. The van der Waals surface area contributed by atoms with E-state index in [1.54, 1.807) is 0 Å². The zero-order chi connectivity index (χ0) is 14.0. The average molecular weight is 281 g/mol. The van der Waals surface area contributed by atoms with E-state index in [1.807, 2.05) is 39.0 Å². The summed E-state index contributed by atoms with van der Waals surface area (Å²) in [6, 6.07) is 5.85. The Bertz CT molecular complexity index is 474. The van der Waals surface area contributed by atoms with Crippen molar-refractivity contribution in [1.29, 1.82) is 0 Å². The minimum absolute atomic E-state index is 0.0247. The predicted octanol–water partition coefficient (Wildman–Crippen LogP) is 3.92. The third-order valence-electron chi connectivity index (χ3n) is 3.35. The van der Waals surface area contributed by atoms with Gasteiger partial charge in [-0.1, -0.05) is 32.4 Å². The zero-order valence-corrected chi connectivity index (χ0v) is 12.5. The van der Waals surface area contributed by atoms with Gasteiger partial charge in [-0.05, 0) is 31.0 Å². The summed E-state index contributed by atoms with van der Waals surface area (Å²) in [6.07, 6.45) is 2.47. The second-order valence-corrected chi connectivity index (χ2v) is 6.47. The standard InChI is InChI=1S/C15H21ClN2O/c1-15(2,3)14(19)17-13-7-6-11(10-12(13)16)18-8-4-5-9-18/h6-7,10H,4-5,8-9H2,1-3H3,(H,17,19). The molecule has 1 aliphatic heterocycles. The largest absolute Gasteiger partial charge is 0.371 e. The van der Waals surface area contributed by atoms with Crippen LogP contribution in [0.25, 0.3) is 0 Å². The molecule has 1 aliphatic rings. The Kier molecular flexibility index (Phi) is 4.04. The molecular formula is C15H21ClN2O. The fraction of sp³-hybridized carbons (Fsp3) is 0.533. The summed E-state index contributed by atoms with van der Waals surface area (Å²) in [5, 5.41) is 3.48. The number of benzene rings is 1. The molecule has 1 aromatic rings. The van der Waals surface area contributed by atoms with Crippen molar-refractivity contribution in [3.8, 4) is 0 Å². The minimum atomic E-state index is -0.420. The average Bonchev–Trinajstić information content (AvgIpc) is 2.84. The molecule has 1 heterocycles. The van der Waals surface area contributed by atoms with Crippen LogP contribution in [-0.4, -0.2) is 19.0 Å². The molecule has 104 valence electrons. The first-order chi connectivity index (χ1) is 8.88. The van der Waals surface area contributed by atoms with Crippen molar-refractivity contribution in [1.82, 2.24) is 0 Å². The second-order valence-electron chi connectivity index (χ2n) is 6.06. The summed E-state index contributed by atoms with van der Waals surface area (Å²) in [7, 11) is 0. The quantitative estimate of drug-likeness (QED) is 0.890. The highest BCUT2D eigenvalue weighted by atomic mass is 35.5. The lowest BCUT2D eigenvalue weighted by Crippen LogP contribution is -2.27. The van der Waals surface area contributed by atoms with Crippen LogP contribution in [0.15, 0.2) is 18.2 Å². The lowest BCUT2D eigenvalue weighted by molar-refractivity contribution is -0.123. The number of nitrogens with zero attached hydrogens (tertiary/aromatic N) is 1. The van der Waals surface area contributed by atoms with Gasteiger partial charge in [-0.25, -0.2) is 0 Å². The molecule has 19 heavy (non-hydrogen) atoms. The molecule has 0 saturated carbocycles. The lowest BCUT2D eigenvalue weighted by atomic mass is 9.95. The third kappa shape index (κ3) is 3.41. The number of halogens is 1. The van der Waals surface area contributed by atoms with Gasteiger partial charge < -0.3 is 10.2 Å². The van der Waals surface area contributed by atoms with Crippen LogP contribution in [0.1, 0.15) is 33.6 Å². The fourth-order valence-corrected chi connectivity index (χ4v) is 2.31. The van der Waals surface area contributed by atoms with Gasteiger partial charge in [0.1, 0.15) is 0 Å². The summed E-state index contributed by atoms with van der Waals surface area (Å²) in [5.41, 5.74) is 1.40. The maximum atomic E-state index is 11.9. The summed E-state index contributed by atoms with van der Waals surface area (Å²) in [4.78, 5) is 14.3. The van der Waals surface area contributed by atoms with Crippen molar-refractivity contribution >= 4 is 28.9 Å². The Morgan fingerprint density at radius 1 is 1.26 bits per heavy atom. The molecule has 0 aromatic heterocycles. The van der Waals surface area contributed by atoms with Crippen LogP contribution in [0, 0.1) is 5.41 Å². The zero-order valence-electron chi connectivity index (χ0n) is 11.8. The molecule has 0 radical (unpaired) electrons. The fourth-order valence-electron chi connectivity index (χ4n) is 2.09. The summed E-state index contributed by atoms with van der Waals surface area (Å²) >= 11 is 6.26. The molecule has 0 aliphatic carbocycles. The molecule has 2 rings (SSSR count). The van der Waals surface area contributed by atoms with Gasteiger partial charge in [-0.2, -0.15) is 0 Å². The number of carbonyl (C=O) groups excluding carboxylic acids is 1. The van der Waals surface area contributed by atoms with Crippen LogP contribution in [0.3, 0.4) is 0 Å². The molecule has 0 unspecified atom stereocenters. The van der Waals surface area contributed by atoms with Gasteiger partial charge in [0.15, 0.2) is 0 Å². The molecule has 1 N–H and O–H groups in total. The summed E-state index contributed by atoms with van der Waals surface area (Å²) in [5.74, 6) is -0.0247. The Hall–Kier alpha value is -1.22. The molecule has 1 aromatic carbocycles. The smallest absolute Gasteiger partial charge is 0.229 e. The van der Waals surface area contributed by atoms with E-state index in [-0.39, 0.29) is 5.91 Å². The number of anilines is 2. The highest BCUT2D eigenvalue weighted by Gasteiger charge is 2.22. The van der Waals surface area contributed by atoms with Crippen molar-refractivity contribution < 1.29 is 4.79 Å². The highest BCUT2D eigenvalue weighted by molar-refractivity contribution is 6.34. The molecule has 1 saturated heterocycles. The third-order valence-corrected chi connectivity index (χ3v) is 3.67. The van der Waals surface area contributed by atoms with Gasteiger partial charge >= 0.3 is 0 Å². The van der Waals surface area contributed by atoms with Gasteiger partial charge in [0.05, 0.1) is 10.7 Å². The Morgan fingerprint density at radius 2 is 1.89 bits per heavy atom. The van der Waals surface area contributed by atoms with Gasteiger partial charge in [-0.15, -0.1) is 0 Å². The number of hydrogen-bond donors (Lipinski definition) is 1. The predicted molar refractivity (Wildman–Crippen MR) is 81.0 cm³/mol. The summed E-state index contributed by atoms with van der Waals surface area (Å²) < 4.78 is 0.